The van der Waals surface area contributed by atoms with E-state index in [2.05, 4.69) is 6.92 Å². The molecule has 0 aliphatic heterocycles. The SMILES string of the molecule is CCCCC(C)=CC#N. The summed E-state index contributed by atoms with van der Waals surface area (Å²) < 4.78 is 0. The number of nitrogens with zero attached hydrogens (tertiary/aromatic N) is 1. The lowest BCUT2D eigenvalue weighted by Crippen LogP contribution is -1.75. The van der Waals surface area contributed by atoms with E-state index in [0.29, 0.717) is 0 Å². The van der Waals surface area contributed by atoms with Crippen LogP contribution in [0.2, 0.25) is 0 Å². The van der Waals surface area contributed by atoms with Crippen molar-refractivity contribution < 1.29 is 0 Å². The fourth-order valence-corrected chi connectivity index (χ4v) is 0.638. The lowest BCUT2D eigenvalue weighted by molar-refractivity contribution is 0.787. The lowest BCUT2D eigenvalue weighted by atomic mass is 10.1. The van der Waals surface area contributed by atoms with Gasteiger partial charge in [0.2, 0.25) is 0 Å². The first-order valence-corrected chi connectivity index (χ1v) is 3.36. The van der Waals surface area contributed by atoms with Gasteiger partial charge in [-0.15, -0.1) is 0 Å². The van der Waals surface area contributed by atoms with Gasteiger partial charge in [0, 0.05) is 6.08 Å². The normalized spacial score (nSPS) is 11.0. The summed E-state index contributed by atoms with van der Waals surface area (Å²) in [5.41, 5.74) is 1.19. The van der Waals surface area contributed by atoms with Crippen molar-refractivity contribution in [2.75, 3.05) is 0 Å². The number of hydrogen-bond donors (Lipinski definition) is 0. The molecule has 0 atom stereocenters. The van der Waals surface area contributed by atoms with Crippen LogP contribution in [0.1, 0.15) is 33.1 Å². The largest absolute Gasteiger partial charge is 0.193 e. The second kappa shape index (κ2) is 5.37. The molecule has 0 bridgehead atoms. The van der Waals surface area contributed by atoms with E-state index in [-0.39, 0.29) is 0 Å². The Morgan fingerprint density at radius 2 is 2.33 bits per heavy atom. The van der Waals surface area contributed by atoms with E-state index in [1.807, 2.05) is 13.0 Å². The van der Waals surface area contributed by atoms with Gasteiger partial charge in [0.05, 0.1) is 6.07 Å². The van der Waals surface area contributed by atoms with E-state index in [1.165, 1.54) is 18.4 Å². The van der Waals surface area contributed by atoms with Crippen molar-refractivity contribution in [2.45, 2.75) is 33.1 Å². The Kier molecular flexibility index (Phi) is 4.91. The van der Waals surface area contributed by atoms with Crippen LogP contribution >= 0.6 is 0 Å². The van der Waals surface area contributed by atoms with Crippen LogP contribution in [0.5, 0.6) is 0 Å². The predicted octanol–water partition coefficient (Wildman–Crippen LogP) is 2.65. The maximum absolute atomic E-state index is 8.21. The molecule has 0 aliphatic carbocycles. The number of allylic oxidation sites excluding steroid dienone is 2. The lowest BCUT2D eigenvalue weighted by Gasteiger charge is -1.93. The Bertz CT molecular complexity index is 128. The Morgan fingerprint density at radius 3 is 2.78 bits per heavy atom. The summed E-state index contributed by atoms with van der Waals surface area (Å²) in [5, 5.41) is 8.21. The second-order valence-electron chi connectivity index (χ2n) is 2.22. The fourth-order valence-electron chi connectivity index (χ4n) is 0.638. The van der Waals surface area contributed by atoms with Gasteiger partial charge in [-0.1, -0.05) is 18.9 Å². The molecule has 0 aromatic carbocycles. The molecule has 0 heterocycles. The molecule has 0 aromatic heterocycles. The Balaban J connectivity index is 3.40. The highest BCUT2D eigenvalue weighted by atomic mass is 14.2. The van der Waals surface area contributed by atoms with Gasteiger partial charge in [0.1, 0.15) is 0 Å². The van der Waals surface area contributed by atoms with Crippen molar-refractivity contribution in [3.63, 3.8) is 0 Å². The standard InChI is InChI=1S/C8H13N/c1-3-4-5-8(2)6-7-9/h6H,3-5H2,1-2H3. The van der Waals surface area contributed by atoms with Gasteiger partial charge in [0.15, 0.2) is 0 Å². The highest BCUT2D eigenvalue weighted by Gasteiger charge is 1.85. The first kappa shape index (κ1) is 8.23. The van der Waals surface area contributed by atoms with Crippen LogP contribution < -0.4 is 0 Å². The first-order chi connectivity index (χ1) is 4.31. The van der Waals surface area contributed by atoms with Crippen LogP contribution in [0.4, 0.5) is 0 Å². The van der Waals surface area contributed by atoms with E-state index < -0.39 is 0 Å². The number of rotatable bonds is 3. The van der Waals surface area contributed by atoms with Gasteiger partial charge in [-0.3, -0.25) is 0 Å². The van der Waals surface area contributed by atoms with Crippen molar-refractivity contribution in [2.24, 2.45) is 0 Å². The second-order valence-corrected chi connectivity index (χ2v) is 2.22. The van der Waals surface area contributed by atoms with E-state index >= 15 is 0 Å². The predicted molar refractivity (Wildman–Crippen MR) is 38.9 cm³/mol. The van der Waals surface area contributed by atoms with Crippen LogP contribution in [-0.4, -0.2) is 0 Å². The maximum Gasteiger partial charge on any atom is 0.0911 e. The third kappa shape index (κ3) is 5.10. The minimum absolute atomic E-state index is 1.07. The fraction of sp³-hybridized carbons (Fsp3) is 0.625. The summed E-state index contributed by atoms with van der Waals surface area (Å²) in [7, 11) is 0. The summed E-state index contributed by atoms with van der Waals surface area (Å²) in [4.78, 5) is 0. The van der Waals surface area contributed by atoms with E-state index in [4.69, 9.17) is 5.26 Å². The summed E-state index contributed by atoms with van der Waals surface area (Å²) >= 11 is 0. The van der Waals surface area contributed by atoms with Crippen LogP contribution in [-0.2, 0) is 0 Å². The minimum Gasteiger partial charge on any atom is -0.193 e. The molecule has 0 saturated carbocycles. The molecule has 0 aliphatic rings. The summed E-state index contributed by atoms with van der Waals surface area (Å²) in [5.74, 6) is 0. The Labute approximate surface area is 57.0 Å². The van der Waals surface area contributed by atoms with Crippen LogP contribution in [0, 0.1) is 11.3 Å². The number of unbranched alkanes of at least 4 members (excludes halogenated alkanes) is 1. The Morgan fingerprint density at radius 1 is 1.67 bits per heavy atom. The van der Waals surface area contributed by atoms with Gasteiger partial charge in [-0.05, 0) is 19.8 Å². The molecule has 1 heteroatoms. The molecule has 0 aromatic rings. The van der Waals surface area contributed by atoms with E-state index in [1.54, 1.807) is 6.08 Å². The molecule has 0 spiro atoms. The molecular formula is C8H13N. The van der Waals surface area contributed by atoms with Crippen LogP contribution in [0.25, 0.3) is 0 Å². The smallest absolute Gasteiger partial charge is 0.0911 e. The molecule has 50 valence electrons. The Hall–Kier alpha value is -0.770. The molecule has 0 unspecified atom stereocenters. The van der Waals surface area contributed by atoms with Gasteiger partial charge in [-0.2, -0.15) is 5.26 Å². The summed E-state index contributed by atoms with van der Waals surface area (Å²) in [6.07, 6.45) is 5.10. The third-order valence-electron chi connectivity index (χ3n) is 1.24. The first-order valence-electron chi connectivity index (χ1n) is 3.36. The van der Waals surface area contributed by atoms with Gasteiger partial charge >= 0.3 is 0 Å². The molecule has 0 rings (SSSR count). The van der Waals surface area contributed by atoms with Crippen molar-refractivity contribution in [3.8, 4) is 6.07 Å². The van der Waals surface area contributed by atoms with E-state index in [9.17, 15) is 0 Å². The van der Waals surface area contributed by atoms with Gasteiger partial charge in [0.25, 0.3) is 0 Å². The molecule has 0 saturated heterocycles. The van der Waals surface area contributed by atoms with Crippen molar-refractivity contribution in [1.29, 1.82) is 5.26 Å². The molecule has 9 heavy (non-hydrogen) atoms. The van der Waals surface area contributed by atoms with Gasteiger partial charge in [-0.25, -0.2) is 0 Å². The zero-order chi connectivity index (χ0) is 7.11. The molecule has 0 N–H and O–H groups in total. The maximum atomic E-state index is 8.21. The van der Waals surface area contributed by atoms with Crippen LogP contribution in [0.3, 0.4) is 0 Å². The monoisotopic (exact) mass is 123 g/mol. The number of hydrogen-bond acceptors (Lipinski definition) is 1. The molecule has 0 radical (unpaired) electrons. The highest BCUT2D eigenvalue weighted by Crippen LogP contribution is 2.04. The molecule has 0 amide bonds. The topological polar surface area (TPSA) is 23.8 Å². The van der Waals surface area contributed by atoms with Crippen LogP contribution in [0.15, 0.2) is 11.6 Å². The number of nitriles is 1. The quantitative estimate of drug-likeness (QED) is 0.529. The molecular weight excluding hydrogens is 110 g/mol. The zero-order valence-corrected chi connectivity index (χ0v) is 6.15. The molecule has 0 fully saturated rings. The minimum atomic E-state index is 1.07. The van der Waals surface area contributed by atoms with Crippen molar-refractivity contribution in [1.82, 2.24) is 0 Å². The van der Waals surface area contributed by atoms with Gasteiger partial charge < -0.3 is 0 Å². The summed E-state index contributed by atoms with van der Waals surface area (Å²) in [6.45, 7) is 4.15. The highest BCUT2D eigenvalue weighted by molar-refractivity contribution is 5.10. The van der Waals surface area contributed by atoms with E-state index in [0.717, 1.165) is 6.42 Å². The van der Waals surface area contributed by atoms with Crippen molar-refractivity contribution >= 4 is 0 Å². The summed E-state index contributed by atoms with van der Waals surface area (Å²) in [6, 6.07) is 2.01. The third-order valence-corrected chi connectivity index (χ3v) is 1.24. The average Bonchev–Trinajstić information content (AvgIpc) is 1.85. The zero-order valence-electron chi connectivity index (χ0n) is 6.15. The van der Waals surface area contributed by atoms with Crippen molar-refractivity contribution in [3.05, 3.63) is 11.6 Å². The molecule has 1 nitrogen and oxygen atoms in total. The average molecular weight is 123 g/mol.